The highest BCUT2D eigenvalue weighted by molar-refractivity contribution is 6.12. The first-order chi connectivity index (χ1) is 13.4. The maximum atomic E-state index is 13.2. The third kappa shape index (κ3) is 1.92. The van der Waals surface area contributed by atoms with Gasteiger partial charge >= 0.3 is 0 Å². The van der Waals surface area contributed by atoms with Crippen molar-refractivity contribution in [1.82, 2.24) is 9.80 Å². The lowest BCUT2D eigenvalue weighted by molar-refractivity contribution is -0.147. The number of hydrogen-bond donors (Lipinski definition) is 0. The smallest absolute Gasteiger partial charge is 0.260 e. The van der Waals surface area contributed by atoms with E-state index in [1.54, 1.807) is 24.3 Å². The zero-order valence-electron chi connectivity index (χ0n) is 15.5. The van der Waals surface area contributed by atoms with Crippen LogP contribution in [0.3, 0.4) is 0 Å². The third-order valence-corrected chi connectivity index (χ3v) is 6.49. The Labute approximate surface area is 161 Å². The van der Waals surface area contributed by atoms with Crippen LogP contribution in [-0.4, -0.2) is 47.5 Å². The standard InChI is InChI=1S/C22H18N2O4/c1-23-19(25)13-9-5-3-7-11(13)15-17(21(23)27)16-12-8-4-6-10-14(12)20(26)24(2)22(28)18(15)16/h3-10,15-18H,1-2H3. The van der Waals surface area contributed by atoms with Crippen molar-refractivity contribution in [2.24, 2.45) is 11.8 Å². The minimum Gasteiger partial charge on any atom is -0.281 e. The molecule has 0 N–H and O–H groups in total. The molecule has 2 aromatic carbocycles. The van der Waals surface area contributed by atoms with E-state index in [1.165, 1.54) is 14.1 Å². The van der Waals surface area contributed by atoms with Crippen molar-refractivity contribution in [3.63, 3.8) is 0 Å². The van der Waals surface area contributed by atoms with E-state index in [1.807, 2.05) is 24.3 Å². The minimum atomic E-state index is -0.549. The summed E-state index contributed by atoms with van der Waals surface area (Å²) >= 11 is 0. The van der Waals surface area contributed by atoms with E-state index in [2.05, 4.69) is 0 Å². The van der Waals surface area contributed by atoms with Crippen molar-refractivity contribution in [2.75, 3.05) is 14.1 Å². The van der Waals surface area contributed by atoms with E-state index in [4.69, 9.17) is 0 Å². The minimum absolute atomic E-state index is 0.299. The van der Waals surface area contributed by atoms with Crippen LogP contribution in [0, 0.1) is 11.8 Å². The summed E-state index contributed by atoms with van der Waals surface area (Å²) in [5.74, 6) is -3.24. The Morgan fingerprint density at radius 1 is 0.571 bits per heavy atom. The Balaban J connectivity index is 1.77. The molecule has 6 heteroatoms. The zero-order valence-corrected chi connectivity index (χ0v) is 15.5. The van der Waals surface area contributed by atoms with Crippen LogP contribution in [0.15, 0.2) is 48.5 Å². The van der Waals surface area contributed by atoms with Gasteiger partial charge in [-0.05, 0) is 23.3 Å². The highest BCUT2D eigenvalue weighted by atomic mass is 16.2. The molecular formula is C22H18N2O4. The Kier molecular flexibility index (Phi) is 3.38. The summed E-state index contributed by atoms with van der Waals surface area (Å²) in [6.07, 6.45) is 0. The Hall–Kier alpha value is -3.28. The first-order valence-electron chi connectivity index (χ1n) is 9.25. The average molecular weight is 374 g/mol. The molecule has 3 aliphatic rings. The first kappa shape index (κ1) is 16.9. The molecule has 0 radical (unpaired) electrons. The maximum absolute atomic E-state index is 13.2. The summed E-state index contributed by atoms with van der Waals surface area (Å²) in [6, 6.07) is 14.2. The molecule has 0 spiro atoms. The third-order valence-electron chi connectivity index (χ3n) is 6.49. The Bertz CT molecular complexity index is 982. The van der Waals surface area contributed by atoms with Gasteiger partial charge in [-0.15, -0.1) is 0 Å². The van der Waals surface area contributed by atoms with Crippen LogP contribution in [-0.2, 0) is 9.59 Å². The van der Waals surface area contributed by atoms with Crippen molar-refractivity contribution in [2.45, 2.75) is 11.8 Å². The molecule has 2 aliphatic heterocycles. The number of imide groups is 2. The molecule has 140 valence electrons. The Morgan fingerprint density at radius 2 is 0.929 bits per heavy atom. The van der Waals surface area contributed by atoms with Gasteiger partial charge in [-0.25, -0.2) is 0 Å². The quantitative estimate of drug-likeness (QED) is 0.662. The number of fused-ring (bicyclic) bond motifs is 8. The van der Waals surface area contributed by atoms with E-state index in [-0.39, 0.29) is 23.6 Å². The SMILES string of the molecule is CN1C(=O)c2ccccc2C2C(C1=O)C1c3ccccc3C(=O)N(C)C(=O)C21. The summed E-state index contributed by atoms with van der Waals surface area (Å²) in [6.45, 7) is 0. The molecule has 6 nitrogen and oxygen atoms in total. The lowest BCUT2D eigenvalue weighted by atomic mass is 9.51. The number of hydrogen-bond acceptors (Lipinski definition) is 4. The molecule has 1 fully saturated rings. The van der Waals surface area contributed by atoms with Crippen molar-refractivity contribution < 1.29 is 19.2 Å². The molecule has 1 aliphatic carbocycles. The van der Waals surface area contributed by atoms with Crippen LogP contribution >= 0.6 is 0 Å². The molecule has 0 saturated heterocycles. The molecule has 0 atom stereocenters. The van der Waals surface area contributed by atoms with Gasteiger partial charge in [0.15, 0.2) is 0 Å². The fourth-order valence-electron chi connectivity index (χ4n) is 5.11. The van der Waals surface area contributed by atoms with E-state index in [0.717, 1.165) is 9.80 Å². The highest BCUT2D eigenvalue weighted by Crippen LogP contribution is 2.61. The highest BCUT2D eigenvalue weighted by Gasteiger charge is 2.63. The lowest BCUT2D eigenvalue weighted by Gasteiger charge is -2.50. The number of amides is 4. The zero-order chi connectivity index (χ0) is 19.7. The van der Waals surface area contributed by atoms with Crippen LogP contribution in [0.5, 0.6) is 0 Å². The van der Waals surface area contributed by atoms with Crippen molar-refractivity contribution in [3.05, 3.63) is 70.8 Å². The second-order valence-electron chi connectivity index (χ2n) is 7.68. The number of benzene rings is 2. The van der Waals surface area contributed by atoms with Gasteiger partial charge in [-0.2, -0.15) is 0 Å². The first-order valence-corrected chi connectivity index (χ1v) is 9.25. The van der Waals surface area contributed by atoms with Gasteiger partial charge in [0, 0.05) is 37.1 Å². The average Bonchev–Trinajstić information content (AvgIpc) is 2.80. The van der Waals surface area contributed by atoms with Gasteiger partial charge < -0.3 is 0 Å². The normalized spacial score (nSPS) is 28.5. The summed E-state index contributed by atoms with van der Waals surface area (Å²) in [4.78, 5) is 54.4. The predicted octanol–water partition coefficient (Wildman–Crippen LogP) is 2.02. The van der Waals surface area contributed by atoms with Gasteiger partial charge in [-0.3, -0.25) is 29.0 Å². The van der Waals surface area contributed by atoms with Crippen LogP contribution in [0.25, 0.3) is 0 Å². The van der Waals surface area contributed by atoms with E-state index in [0.29, 0.717) is 22.3 Å². The summed E-state index contributed by atoms with van der Waals surface area (Å²) in [5.41, 5.74) is 2.32. The monoisotopic (exact) mass is 374 g/mol. The molecule has 0 unspecified atom stereocenters. The fourth-order valence-corrected chi connectivity index (χ4v) is 5.11. The molecule has 5 rings (SSSR count). The van der Waals surface area contributed by atoms with Gasteiger partial charge in [-0.1, -0.05) is 36.4 Å². The molecule has 1 saturated carbocycles. The van der Waals surface area contributed by atoms with Gasteiger partial charge in [0.25, 0.3) is 11.8 Å². The van der Waals surface area contributed by atoms with Crippen LogP contribution in [0.1, 0.15) is 43.7 Å². The lowest BCUT2D eigenvalue weighted by Crippen LogP contribution is -2.54. The summed E-state index contributed by atoms with van der Waals surface area (Å²) < 4.78 is 0. The number of carbonyl (C=O) groups excluding carboxylic acids is 4. The topological polar surface area (TPSA) is 74.8 Å². The molecule has 4 amide bonds. The van der Waals surface area contributed by atoms with E-state index < -0.39 is 23.7 Å². The molecule has 0 aromatic heterocycles. The second kappa shape index (κ2) is 5.61. The molecule has 0 bridgehead atoms. The summed E-state index contributed by atoms with van der Waals surface area (Å²) in [5, 5.41) is 0. The number of nitrogens with zero attached hydrogens (tertiary/aromatic N) is 2. The predicted molar refractivity (Wildman–Crippen MR) is 99.5 cm³/mol. The maximum Gasteiger partial charge on any atom is 0.260 e. The van der Waals surface area contributed by atoms with Crippen molar-refractivity contribution in [1.29, 1.82) is 0 Å². The fraction of sp³-hybridized carbons (Fsp3) is 0.273. The van der Waals surface area contributed by atoms with E-state index in [9.17, 15) is 19.2 Å². The molecular weight excluding hydrogens is 356 g/mol. The van der Waals surface area contributed by atoms with Gasteiger partial charge in [0.2, 0.25) is 11.8 Å². The molecule has 2 aromatic rings. The van der Waals surface area contributed by atoms with Crippen LogP contribution < -0.4 is 0 Å². The number of rotatable bonds is 0. The van der Waals surface area contributed by atoms with Crippen molar-refractivity contribution in [3.8, 4) is 0 Å². The van der Waals surface area contributed by atoms with Gasteiger partial charge in [0.05, 0.1) is 11.8 Å². The largest absolute Gasteiger partial charge is 0.281 e. The Morgan fingerprint density at radius 3 is 1.32 bits per heavy atom. The van der Waals surface area contributed by atoms with Gasteiger partial charge in [0.1, 0.15) is 0 Å². The second-order valence-corrected chi connectivity index (χ2v) is 7.68. The number of carbonyl (C=O) groups is 4. The molecule has 2 heterocycles. The summed E-state index contributed by atoms with van der Waals surface area (Å²) in [7, 11) is 2.97. The van der Waals surface area contributed by atoms with Crippen molar-refractivity contribution >= 4 is 23.6 Å². The van der Waals surface area contributed by atoms with Crippen LogP contribution in [0.2, 0.25) is 0 Å². The van der Waals surface area contributed by atoms with Crippen LogP contribution in [0.4, 0.5) is 0 Å². The van der Waals surface area contributed by atoms with E-state index >= 15 is 0 Å². The molecule has 28 heavy (non-hydrogen) atoms.